The molecule has 0 aliphatic carbocycles. The Morgan fingerprint density at radius 1 is 1.03 bits per heavy atom. The van der Waals surface area contributed by atoms with Gasteiger partial charge in [-0.25, -0.2) is 0 Å². The molecule has 2 aliphatic rings. The van der Waals surface area contributed by atoms with E-state index in [4.69, 9.17) is 0 Å². The number of rotatable bonds is 4. The Morgan fingerprint density at radius 3 is 2.55 bits per heavy atom. The number of likely N-dealkylation sites (tertiary alicyclic amines) is 1. The topological polar surface area (TPSA) is 34.5 Å². The third kappa shape index (κ3) is 4.27. The molecule has 1 saturated heterocycles. The van der Waals surface area contributed by atoms with E-state index < -0.39 is 6.36 Å². The summed E-state index contributed by atoms with van der Waals surface area (Å²) in [5.74, 6) is 0.377. The summed E-state index contributed by atoms with van der Waals surface area (Å²) >= 11 is 1.75. The van der Waals surface area contributed by atoms with Crippen LogP contribution in [0.15, 0.2) is 58.7 Å². The summed E-state index contributed by atoms with van der Waals surface area (Å²) in [6.07, 6.45) is -3.70. The van der Waals surface area contributed by atoms with Crippen LogP contribution in [0.5, 0.6) is 5.75 Å². The molecule has 2 unspecified atom stereocenters. The van der Waals surface area contributed by atoms with Gasteiger partial charge in [-0.05, 0) is 47.5 Å². The zero-order valence-electron chi connectivity index (χ0n) is 16.6. The van der Waals surface area contributed by atoms with Crippen molar-refractivity contribution in [2.45, 2.75) is 31.8 Å². The first-order chi connectivity index (χ1) is 14.9. The molecule has 1 aromatic carbocycles. The van der Waals surface area contributed by atoms with Crippen molar-refractivity contribution < 1.29 is 17.9 Å². The molecule has 3 aromatic rings. The smallest absolute Gasteiger partial charge is 0.406 e. The summed E-state index contributed by atoms with van der Waals surface area (Å²) in [5, 5.41) is 2.08. The Bertz CT molecular complexity index is 1120. The van der Waals surface area contributed by atoms with Crippen molar-refractivity contribution >= 4 is 11.3 Å². The van der Waals surface area contributed by atoms with Gasteiger partial charge in [-0.15, -0.1) is 24.5 Å². The number of ether oxygens (including phenoxy) is 1. The van der Waals surface area contributed by atoms with Crippen molar-refractivity contribution in [3.63, 3.8) is 0 Å². The van der Waals surface area contributed by atoms with E-state index in [-0.39, 0.29) is 17.2 Å². The Morgan fingerprint density at radius 2 is 1.84 bits per heavy atom. The van der Waals surface area contributed by atoms with Crippen LogP contribution in [0.3, 0.4) is 0 Å². The van der Waals surface area contributed by atoms with Crippen LogP contribution in [0.25, 0.3) is 11.1 Å². The quantitative estimate of drug-likeness (QED) is 0.560. The number of piperidine rings is 1. The number of halogens is 3. The predicted octanol–water partition coefficient (Wildman–Crippen LogP) is 5.09. The maximum absolute atomic E-state index is 12.6. The molecule has 1 fully saturated rings. The lowest BCUT2D eigenvalue weighted by Gasteiger charge is -2.43. The molecule has 31 heavy (non-hydrogen) atoms. The number of hydrogen-bond acceptors (Lipinski definition) is 4. The molecule has 2 aliphatic heterocycles. The highest BCUT2D eigenvalue weighted by Gasteiger charge is 2.36. The minimum Gasteiger partial charge on any atom is -0.406 e. The molecule has 2 aromatic heterocycles. The van der Waals surface area contributed by atoms with Crippen molar-refractivity contribution in [3.05, 3.63) is 74.8 Å². The van der Waals surface area contributed by atoms with Crippen molar-refractivity contribution in [1.29, 1.82) is 0 Å². The second-order valence-electron chi connectivity index (χ2n) is 8.23. The van der Waals surface area contributed by atoms with E-state index in [2.05, 4.69) is 27.1 Å². The van der Waals surface area contributed by atoms with E-state index in [1.54, 1.807) is 35.6 Å². The molecule has 4 nitrogen and oxygen atoms in total. The van der Waals surface area contributed by atoms with Gasteiger partial charge in [0.1, 0.15) is 5.75 Å². The molecule has 4 heterocycles. The molecule has 0 N–H and O–H groups in total. The average Bonchev–Trinajstić information content (AvgIpc) is 3.21. The van der Waals surface area contributed by atoms with Crippen LogP contribution in [-0.2, 0) is 13.1 Å². The fourth-order valence-electron chi connectivity index (χ4n) is 4.95. The van der Waals surface area contributed by atoms with Gasteiger partial charge in [0.2, 0.25) is 0 Å². The first kappa shape index (κ1) is 20.3. The molecule has 5 rings (SSSR count). The van der Waals surface area contributed by atoms with Crippen LogP contribution in [0.2, 0.25) is 0 Å². The normalized spacial score (nSPS) is 21.0. The van der Waals surface area contributed by atoms with E-state index in [1.807, 2.05) is 4.57 Å². The number of thiophene rings is 1. The van der Waals surface area contributed by atoms with Crippen LogP contribution in [-0.4, -0.2) is 28.9 Å². The average molecular weight is 446 g/mol. The lowest BCUT2D eigenvalue weighted by atomic mass is 9.80. The number of nitrogens with zero attached hydrogens (tertiary/aromatic N) is 2. The number of aromatic nitrogens is 1. The second kappa shape index (κ2) is 7.84. The summed E-state index contributed by atoms with van der Waals surface area (Å²) in [7, 11) is 0. The SMILES string of the molecule is O=c1ccc(-c2ccc(OC(F)(F)F)cc2)c2n1CC1CC2CN(Cc2cccs2)C1. The van der Waals surface area contributed by atoms with E-state index in [0.717, 1.165) is 42.9 Å². The zero-order chi connectivity index (χ0) is 21.6. The Labute approximate surface area is 181 Å². The zero-order valence-corrected chi connectivity index (χ0v) is 17.5. The lowest BCUT2D eigenvalue weighted by molar-refractivity contribution is -0.274. The van der Waals surface area contributed by atoms with E-state index in [1.165, 1.54) is 17.0 Å². The molecular weight excluding hydrogens is 425 g/mol. The number of alkyl halides is 3. The maximum atomic E-state index is 12.6. The van der Waals surface area contributed by atoms with Crippen molar-refractivity contribution in [2.75, 3.05) is 13.1 Å². The number of fused-ring (bicyclic) bond motifs is 4. The van der Waals surface area contributed by atoms with E-state index in [0.29, 0.717) is 12.5 Å². The van der Waals surface area contributed by atoms with Gasteiger partial charge in [0, 0.05) is 54.3 Å². The predicted molar refractivity (Wildman–Crippen MR) is 113 cm³/mol. The molecule has 0 amide bonds. The summed E-state index contributed by atoms with van der Waals surface area (Å²) in [4.78, 5) is 16.4. The van der Waals surface area contributed by atoms with Crippen LogP contribution >= 0.6 is 11.3 Å². The highest BCUT2D eigenvalue weighted by atomic mass is 32.1. The molecule has 0 spiro atoms. The van der Waals surface area contributed by atoms with Gasteiger partial charge in [0.25, 0.3) is 5.56 Å². The fraction of sp³-hybridized carbons (Fsp3) is 0.348. The molecular formula is C23H21F3N2O2S. The summed E-state index contributed by atoms with van der Waals surface area (Å²) < 4.78 is 43.3. The number of hydrogen-bond donors (Lipinski definition) is 0. The molecule has 2 bridgehead atoms. The van der Waals surface area contributed by atoms with Gasteiger partial charge < -0.3 is 9.30 Å². The van der Waals surface area contributed by atoms with Crippen molar-refractivity contribution in [3.8, 4) is 16.9 Å². The molecule has 0 saturated carbocycles. The second-order valence-corrected chi connectivity index (χ2v) is 9.26. The Kier molecular flexibility index (Phi) is 5.14. The molecule has 162 valence electrons. The maximum Gasteiger partial charge on any atom is 0.573 e. The van der Waals surface area contributed by atoms with Gasteiger partial charge in [-0.2, -0.15) is 0 Å². The number of pyridine rings is 1. The minimum atomic E-state index is -4.72. The van der Waals surface area contributed by atoms with Gasteiger partial charge in [0.15, 0.2) is 0 Å². The minimum absolute atomic E-state index is 0.0165. The Balaban J connectivity index is 1.47. The van der Waals surface area contributed by atoms with Crippen molar-refractivity contribution in [2.24, 2.45) is 5.92 Å². The van der Waals surface area contributed by atoms with Crippen LogP contribution < -0.4 is 10.3 Å². The van der Waals surface area contributed by atoms with Crippen LogP contribution in [0.1, 0.15) is 22.9 Å². The van der Waals surface area contributed by atoms with Crippen LogP contribution in [0.4, 0.5) is 13.2 Å². The molecule has 2 atom stereocenters. The largest absolute Gasteiger partial charge is 0.573 e. The third-order valence-corrected chi connectivity index (χ3v) is 6.89. The van der Waals surface area contributed by atoms with E-state index >= 15 is 0 Å². The summed E-state index contributed by atoms with van der Waals surface area (Å²) in [6.45, 7) is 3.41. The van der Waals surface area contributed by atoms with Crippen molar-refractivity contribution in [1.82, 2.24) is 9.47 Å². The van der Waals surface area contributed by atoms with Gasteiger partial charge in [0.05, 0.1) is 0 Å². The standard InChI is InChI=1S/C23H21F3N2O2S/c24-23(25,26)30-18-5-3-16(4-6-18)20-7-8-21(29)28-12-15-10-17(22(20)28)13-27(11-15)14-19-2-1-9-31-19/h1-9,15,17H,10-14H2. The first-order valence-electron chi connectivity index (χ1n) is 10.2. The van der Waals surface area contributed by atoms with Gasteiger partial charge in [-0.1, -0.05) is 18.2 Å². The fourth-order valence-corrected chi connectivity index (χ4v) is 5.69. The van der Waals surface area contributed by atoms with E-state index in [9.17, 15) is 18.0 Å². The highest BCUT2D eigenvalue weighted by molar-refractivity contribution is 7.09. The van der Waals surface area contributed by atoms with Crippen LogP contribution in [0, 0.1) is 5.92 Å². The number of benzene rings is 1. The summed E-state index contributed by atoms with van der Waals surface area (Å²) in [6, 6.07) is 13.4. The molecule has 8 heteroatoms. The van der Waals surface area contributed by atoms with Gasteiger partial charge >= 0.3 is 6.36 Å². The van der Waals surface area contributed by atoms with Gasteiger partial charge in [-0.3, -0.25) is 9.69 Å². The molecule has 0 radical (unpaired) electrons. The lowest BCUT2D eigenvalue weighted by Crippen LogP contribution is -2.46. The highest BCUT2D eigenvalue weighted by Crippen LogP contribution is 2.40. The monoisotopic (exact) mass is 446 g/mol. The first-order valence-corrected chi connectivity index (χ1v) is 11.1. The third-order valence-electron chi connectivity index (χ3n) is 6.02. The Hall–Kier alpha value is -2.58. The summed E-state index contributed by atoms with van der Waals surface area (Å²) in [5.41, 5.74) is 2.66.